The smallest absolute Gasteiger partial charge is 0.260 e. The topological polar surface area (TPSA) is 42.0 Å². The van der Waals surface area contributed by atoms with Crippen LogP contribution in [-0.4, -0.2) is 61.6 Å². The SMILES string of the molecule is CCCOc1cccc(OCC(=O)N2CCN(CC)CC2)c1. The van der Waals surface area contributed by atoms with Crippen molar-refractivity contribution in [3.8, 4) is 11.5 Å². The molecule has 1 saturated heterocycles. The molecule has 0 aliphatic carbocycles. The molecule has 5 nitrogen and oxygen atoms in total. The fraction of sp³-hybridized carbons (Fsp3) is 0.588. The van der Waals surface area contributed by atoms with E-state index in [2.05, 4.69) is 18.7 Å². The van der Waals surface area contributed by atoms with Crippen LogP contribution in [0.2, 0.25) is 0 Å². The van der Waals surface area contributed by atoms with Gasteiger partial charge >= 0.3 is 0 Å². The highest BCUT2D eigenvalue weighted by Gasteiger charge is 2.20. The Labute approximate surface area is 132 Å². The zero-order valence-corrected chi connectivity index (χ0v) is 13.6. The number of amides is 1. The van der Waals surface area contributed by atoms with E-state index in [1.807, 2.05) is 29.2 Å². The van der Waals surface area contributed by atoms with Gasteiger partial charge in [0.25, 0.3) is 5.91 Å². The molecule has 0 unspecified atom stereocenters. The predicted octanol–water partition coefficient (Wildman–Crippen LogP) is 2.02. The zero-order chi connectivity index (χ0) is 15.8. The summed E-state index contributed by atoms with van der Waals surface area (Å²) in [6.07, 6.45) is 0.966. The van der Waals surface area contributed by atoms with E-state index in [0.29, 0.717) is 12.4 Å². The summed E-state index contributed by atoms with van der Waals surface area (Å²) in [5, 5.41) is 0. The molecule has 0 spiro atoms. The maximum absolute atomic E-state index is 12.2. The van der Waals surface area contributed by atoms with Crippen molar-refractivity contribution in [2.45, 2.75) is 20.3 Å². The number of hydrogen-bond donors (Lipinski definition) is 0. The Balaban J connectivity index is 1.78. The second-order valence-corrected chi connectivity index (χ2v) is 5.43. The number of rotatable bonds is 7. The van der Waals surface area contributed by atoms with Crippen LogP contribution in [0.3, 0.4) is 0 Å². The van der Waals surface area contributed by atoms with Crippen molar-refractivity contribution >= 4 is 5.91 Å². The van der Waals surface area contributed by atoms with Gasteiger partial charge in [0.2, 0.25) is 0 Å². The predicted molar refractivity (Wildman–Crippen MR) is 86.4 cm³/mol. The number of hydrogen-bond acceptors (Lipinski definition) is 4. The van der Waals surface area contributed by atoms with Crippen LogP contribution in [0.5, 0.6) is 11.5 Å². The minimum Gasteiger partial charge on any atom is -0.493 e. The summed E-state index contributed by atoms with van der Waals surface area (Å²) in [7, 11) is 0. The number of carbonyl (C=O) groups is 1. The van der Waals surface area contributed by atoms with Gasteiger partial charge < -0.3 is 19.3 Å². The summed E-state index contributed by atoms with van der Waals surface area (Å²) in [6, 6.07) is 7.46. The summed E-state index contributed by atoms with van der Waals surface area (Å²) >= 11 is 0. The molecule has 1 aromatic carbocycles. The third-order valence-electron chi connectivity index (χ3n) is 3.81. The van der Waals surface area contributed by atoms with E-state index >= 15 is 0 Å². The van der Waals surface area contributed by atoms with Crippen molar-refractivity contribution in [1.82, 2.24) is 9.80 Å². The second kappa shape index (κ2) is 8.63. The molecule has 0 saturated carbocycles. The van der Waals surface area contributed by atoms with Crippen molar-refractivity contribution < 1.29 is 14.3 Å². The fourth-order valence-corrected chi connectivity index (χ4v) is 2.42. The highest BCUT2D eigenvalue weighted by molar-refractivity contribution is 5.77. The molecular formula is C17H26N2O3. The van der Waals surface area contributed by atoms with Crippen LogP contribution in [0, 0.1) is 0 Å². The monoisotopic (exact) mass is 306 g/mol. The van der Waals surface area contributed by atoms with E-state index in [1.54, 1.807) is 0 Å². The molecule has 1 fully saturated rings. The molecule has 2 rings (SSSR count). The lowest BCUT2D eigenvalue weighted by atomic mass is 10.3. The largest absolute Gasteiger partial charge is 0.493 e. The summed E-state index contributed by atoms with van der Waals surface area (Å²) < 4.78 is 11.2. The average Bonchev–Trinajstić information content (AvgIpc) is 2.58. The van der Waals surface area contributed by atoms with Gasteiger partial charge in [0.05, 0.1) is 6.61 Å². The zero-order valence-electron chi connectivity index (χ0n) is 13.6. The lowest BCUT2D eigenvalue weighted by Gasteiger charge is -2.33. The Bertz CT molecular complexity index is 471. The first-order valence-electron chi connectivity index (χ1n) is 8.08. The molecule has 0 radical (unpaired) electrons. The van der Waals surface area contributed by atoms with Gasteiger partial charge in [-0.1, -0.05) is 19.9 Å². The minimum absolute atomic E-state index is 0.0515. The third kappa shape index (κ3) is 4.91. The van der Waals surface area contributed by atoms with Crippen LogP contribution < -0.4 is 9.47 Å². The number of piperazine rings is 1. The quantitative estimate of drug-likeness (QED) is 0.773. The molecule has 0 N–H and O–H groups in total. The van der Waals surface area contributed by atoms with Gasteiger partial charge in [0.15, 0.2) is 6.61 Å². The van der Waals surface area contributed by atoms with Crippen molar-refractivity contribution in [3.63, 3.8) is 0 Å². The van der Waals surface area contributed by atoms with E-state index in [0.717, 1.165) is 44.9 Å². The summed E-state index contributed by atoms with van der Waals surface area (Å²) in [6.45, 7) is 9.50. The van der Waals surface area contributed by atoms with Crippen LogP contribution in [0.25, 0.3) is 0 Å². The average molecular weight is 306 g/mol. The highest BCUT2D eigenvalue weighted by atomic mass is 16.5. The van der Waals surface area contributed by atoms with Crippen molar-refractivity contribution in [3.05, 3.63) is 24.3 Å². The molecule has 0 aromatic heterocycles. The van der Waals surface area contributed by atoms with Crippen LogP contribution in [0.4, 0.5) is 0 Å². The molecule has 0 bridgehead atoms. The standard InChI is InChI=1S/C17H26N2O3/c1-3-12-21-15-6-5-7-16(13-15)22-14-17(20)19-10-8-18(4-2)9-11-19/h5-7,13H,3-4,8-12,14H2,1-2H3. The lowest BCUT2D eigenvalue weighted by molar-refractivity contribution is -0.135. The number of carbonyl (C=O) groups excluding carboxylic acids is 1. The van der Waals surface area contributed by atoms with Crippen LogP contribution in [-0.2, 0) is 4.79 Å². The third-order valence-corrected chi connectivity index (χ3v) is 3.81. The molecule has 1 aromatic rings. The van der Waals surface area contributed by atoms with Gasteiger partial charge in [0.1, 0.15) is 11.5 Å². The molecule has 1 aliphatic rings. The van der Waals surface area contributed by atoms with Crippen LogP contribution >= 0.6 is 0 Å². The van der Waals surface area contributed by atoms with Crippen LogP contribution in [0.1, 0.15) is 20.3 Å². The minimum atomic E-state index is 0.0515. The van der Waals surface area contributed by atoms with E-state index in [1.165, 1.54) is 0 Å². The Morgan fingerprint density at radius 3 is 2.41 bits per heavy atom. The molecule has 0 atom stereocenters. The number of benzene rings is 1. The van der Waals surface area contributed by atoms with Crippen molar-refractivity contribution in [2.24, 2.45) is 0 Å². The summed E-state index contributed by atoms with van der Waals surface area (Å²) in [4.78, 5) is 16.4. The Hall–Kier alpha value is -1.75. The van der Waals surface area contributed by atoms with Gasteiger partial charge in [-0.3, -0.25) is 4.79 Å². The van der Waals surface area contributed by atoms with Crippen LogP contribution in [0.15, 0.2) is 24.3 Å². The number of likely N-dealkylation sites (N-methyl/N-ethyl adjacent to an activating group) is 1. The molecule has 1 heterocycles. The Morgan fingerprint density at radius 2 is 1.77 bits per heavy atom. The number of ether oxygens (including phenoxy) is 2. The second-order valence-electron chi connectivity index (χ2n) is 5.43. The van der Waals surface area contributed by atoms with Gasteiger partial charge in [-0.2, -0.15) is 0 Å². The highest BCUT2D eigenvalue weighted by Crippen LogP contribution is 2.19. The summed E-state index contributed by atoms with van der Waals surface area (Å²) in [5.74, 6) is 1.51. The maximum atomic E-state index is 12.2. The Kier molecular flexibility index (Phi) is 6.52. The van der Waals surface area contributed by atoms with E-state index < -0.39 is 0 Å². The number of nitrogens with zero attached hydrogens (tertiary/aromatic N) is 2. The first kappa shape index (κ1) is 16.6. The van der Waals surface area contributed by atoms with Gasteiger partial charge in [-0.05, 0) is 25.1 Å². The first-order chi connectivity index (χ1) is 10.7. The summed E-state index contributed by atoms with van der Waals surface area (Å²) in [5.41, 5.74) is 0. The van der Waals surface area contributed by atoms with Crippen molar-refractivity contribution in [2.75, 3.05) is 45.9 Å². The maximum Gasteiger partial charge on any atom is 0.260 e. The molecular weight excluding hydrogens is 280 g/mol. The molecule has 1 aliphatic heterocycles. The van der Waals surface area contributed by atoms with Gasteiger partial charge in [-0.25, -0.2) is 0 Å². The van der Waals surface area contributed by atoms with E-state index in [4.69, 9.17) is 9.47 Å². The molecule has 122 valence electrons. The molecule has 1 amide bonds. The van der Waals surface area contributed by atoms with E-state index in [9.17, 15) is 4.79 Å². The molecule has 22 heavy (non-hydrogen) atoms. The fourth-order valence-electron chi connectivity index (χ4n) is 2.42. The lowest BCUT2D eigenvalue weighted by Crippen LogP contribution is -2.49. The first-order valence-corrected chi connectivity index (χ1v) is 8.08. The van der Waals surface area contributed by atoms with Gasteiger partial charge in [-0.15, -0.1) is 0 Å². The van der Waals surface area contributed by atoms with E-state index in [-0.39, 0.29) is 12.5 Å². The normalized spacial score (nSPS) is 15.6. The van der Waals surface area contributed by atoms with Gasteiger partial charge in [0, 0.05) is 32.2 Å². The van der Waals surface area contributed by atoms with Crippen molar-refractivity contribution in [1.29, 1.82) is 0 Å². The molecule has 5 heteroatoms. The Morgan fingerprint density at radius 1 is 1.09 bits per heavy atom.